The summed E-state index contributed by atoms with van der Waals surface area (Å²) in [6, 6.07) is 6.64. The summed E-state index contributed by atoms with van der Waals surface area (Å²) in [6.45, 7) is 7.40. The zero-order valence-electron chi connectivity index (χ0n) is 13.6. The van der Waals surface area contributed by atoms with Crippen molar-refractivity contribution in [3.8, 4) is 0 Å². The fourth-order valence-electron chi connectivity index (χ4n) is 2.72. The van der Waals surface area contributed by atoms with Crippen LogP contribution in [-0.4, -0.2) is 21.3 Å². The van der Waals surface area contributed by atoms with Gasteiger partial charge in [-0.2, -0.15) is 5.10 Å². The number of pyridine rings is 1. The Morgan fingerprint density at radius 3 is 2.67 bits per heavy atom. The van der Waals surface area contributed by atoms with Crippen molar-refractivity contribution < 1.29 is 0 Å². The molecule has 0 radical (unpaired) electrons. The first-order valence-electron chi connectivity index (χ1n) is 7.88. The summed E-state index contributed by atoms with van der Waals surface area (Å²) in [5, 5.41) is 8.12. The van der Waals surface area contributed by atoms with Crippen molar-refractivity contribution in [3.63, 3.8) is 0 Å². The average molecular weight is 286 g/mol. The highest BCUT2D eigenvalue weighted by Crippen LogP contribution is 2.21. The van der Waals surface area contributed by atoms with Crippen LogP contribution in [0.4, 0.5) is 0 Å². The lowest BCUT2D eigenvalue weighted by atomic mass is 10.0. The standard InChI is InChI=1S/C17H26N4/c1-5-13-9-8-10-19-17(13)16(18-7-3)12-15-11-14(6-2)20-21(15)4/h8-11,16,18H,5-7,12H2,1-4H3. The summed E-state index contributed by atoms with van der Waals surface area (Å²) in [5.74, 6) is 0. The molecule has 114 valence electrons. The lowest BCUT2D eigenvalue weighted by Crippen LogP contribution is -2.26. The van der Waals surface area contributed by atoms with E-state index in [0.29, 0.717) is 0 Å². The molecule has 0 aliphatic carbocycles. The van der Waals surface area contributed by atoms with Crippen LogP contribution in [0.2, 0.25) is 0 Å². The maximum absolute atomic E-state index is 4.63. The molecule has 1 N–H and O–H groups in total. The third kappa shape index (κ3) is 3.70. The fraction of sp³-hybridized carbons (Fsp3) is 0.529. The Morgan fingerprint density at radius 2 is 2.05 bits per heavy atom. The Bertz CT molecular complexity index is 574. The Labute approximate surface area is 127 Å². The van der Waals surface area contributed by atoms with Gasteiger partial charge in [-0.1, -0.05) is 26.8 Å². The summed E-state index contributed by atoms with van der Waals surface area (Å²) in [6.07, 6.45) is 4.79. The predicted molar refractivity (Wildman–Crippen MR) is 86.3 cm³/mol. The molecule has 0 saturated carbocycles. The van der Waals surface area contributed by atoms with E-state index < -0.39 is 0 Å². The topological polar surface area (TPSA) is 42.7 Å². The Balaban J connectivity index is 2.28. The number of nitrogens with zero attached hydrogens (tertiary/aromatic N) is 3. The van der Waals surface area contributed by atoms with E-state index in [0.717, 1.165) is 31.5 Å². The lowest BCUT2D eigenvalue weighted by molar-refractivity contribution is 0.513. The highest BCUT2D eigenvalue weighted by molar-refractivity contribution is 5.25. The van der Waals surface area contributed by atoms with Gasteiger partial charge in [0.05, 0.1) is 17.4 Å². The van der Waals surface area contributed by atoms with Crippen molar-refractivity contribution in [2.24, 2.45) is 7.05 Å². The first-order chi connectivity index (χ1) is 10.2. The molecular weight excluding hydrogens is 260 g/mol. The number of rotatable bonds is 7. The molecule has 0 aliphatic rings. The van der Waals surface area contributed by atoms with Crippen LogP contribution in [0.15, 0.2) is 24.4 Å². The van der Waals surface area contributed by atoms with Crippen molar-refractivity contribution in [1.29, 1.82) is 0 Å². The van der Waals surface area contributed by atoms with Crippen molar-refractivity contribution in [2.75, 3.05) is 6.54 Å². The molecule has 2 heterocycles. The molecule has 0 saturated heterocycles. The van der Waals surface area contributed by atoms with Gasteiger partial charge in [0, 0.05) is 25.4 Å². The van der Waals surface area contributed by atoms with Crippen LogP contribution in [0.3, 0.4) is 0 Å². The number of aryl methyl sites for hydroxylation is 3. The van der Waals surface area contributed by atoms with Gasteiger partial charge in [0.15, 0.2) is 0 Å². The molecule has 4 nitrogen and oxygen atoms in total. The van der Waals surface area contributed by atoms with E-state index in [1.165, 1.54) is 17.0 Å². The van der Waals surface area contributed by atoms with Crippen LogP contribution in [-0.2, 0) is 26.3 Å². The van der Waals surface area contributed by atoms with Crippen LogP contribution in [0.5, 0.6) is 0 Å². The van der Waals surface area contributed by atoms with Gasteiger partial charge in [-0.3, -0.25) is 9.67 Å². The second-order valence-electron chi connectivity index (χ2n) is 5.32. The van der Waals surface area contributed by atoms with Gasteiger partial charge in [-0.05, 0) is 37.1 Å². The summed E-state index contributed by atoms with van der Waals surface area (Å²) < 4.78 is 2.00. The minimum absolute atomic E-state index is 0.242. The van der Waals surface area contributed by atoms with Gasteiger partial charge in [0.25, 0.3) is 0 Å². The number of hydrogen-bond donors (Lipinski definition) is 1. The fourth-order valence-corrected chi connectivity index (χ4v) is 2.72. The van der Waals surface area contributed by atoms with Crippen LogP contribution in [0, 0.1) is 0 Å². The average Bonchev–Trinajstić information content (AvgIpc) is 2.87. The minimum atomic E-state index is 0.242. The zero-order valence-corrected chi connectivity index (χ0v) is 13.6. The zero-order chi connectivity index (χ0) is 15.2. The maximum Gasteiger partial charge on any atom is 0.0624 e. The highest BCUT2D eigenvalue weighted by atomic mass is 15.3. The third-order valence-electron chi connectivity index (χ3n) is 3.89. The highest BCUT2D eigenvalue weighted by Gasteiger charge is 2.18. The summed E-state index contributed by atoms with van der Waals surface area (Å²) in [7, 11) is 2.02. The van der Waals surface area contributed by atoms with E-state index in [2.05, 4.69) is 48.3 Å². The molecule has 4 heteroatoms. The van der Waals surface area contributed by atoms with E-state index in [-0.39, 0.29) is 6.04 Å². The normalized spacial score (nSPS) is 12.6. The minimum Gasteiger partial charge on any atom is -0.309 e. The predicted octanol–water partition coefficient (Wildman–Crippen LogP) is 2.83. The largest absolute Gasteiger partial charge is 0.309 e. The third-order valence-corrected chi connectivity index (χ3v) is 3.89. The first kappa shape index (κ1) is 15.7. The molecule has 0 aliphatic heterocycles. The van der Waals surface area contributed by atoms with Crippen LogP contribution < -0.4 is 5.32 Å². The Kier molecular flexibility index (Phi) is 5.51. The van der Waals surface area contributed by atoms with Gasteiger partial charge in [0.1, 0.15) is 0 Å². The second kappa shape index (κ2) is 7.36. The molecule has 2 aromatic heterocycles. The molecule has 0 aromatic carbocycles. The lowest BCUT2D eigenvalue weighted by Gasteiger charge is -2.20. The van der Waals surface area contributed by atoms with Gasteiger partial charge in [-0.25, -0.2) is 0 Å². The SMILES string of the molecule is CCNC(Cc1cc(CC)nn1C)c1ncccc1CC. The smallest absolute Gasteiger partial charge is 0.0624 e. The Hall–Kier alpha value is -1.68. The maximum atomic E-state index is 4.63. The Morgan fingerprint density at radius 1 is 1.24 bits per heavy atom. The van der Waals surface area contributed by atoms with E-state index in [9.17, 15) is 0 Å². The molecule has 0 fully saturated rings. The molecule has 1 unspecified atom stereocenters. The van der Waals surface area contributed by atoms with Crippen molar-refractivity contribution in [1.82, 2.24) is 20.1 Å². The first-order valence-corrected chi connectivity index (χ1v) is 7.88. The molecule has 0 amide bonds. The van der Waals surface area contributed by atoms with E-state index in [1.807, 2.05) is 24.0 Å². The molecule has 0 spiro atoms. The van der Waals surface area contributed by atoms with Crippen molar-refractivity contribution in [2.45, 2.75) is 46.1 Å². The number of likely N-dealkylation sites (N-methyl/N-ethyl adjacent to an activating group) is 1. The second-order valence-corrected chi connectivity index (χ2v) is 5.32. The van der Waals surface area contributed by atoms with Crippen molar-refractivity contribution in [3.05, 3.63) is 47.0 Å². The molecule has 2 aromatic rings. The van der Waals surface area contributed by atoms with Gasteiger partial charge >= 0.3 is 0 Å². The molecule has 0 bridgehead atoms. The number of nitrogens with one attached hydrogen (secondary N) is 1. The molecular formula is C17H26N4. The summed E-state index contributed by atoms with van der Waals surface area (Å²) in [5.41, 5.74) is 4.90. The van der Waals surface area contributed by atoms with E-state index >= 15 is 0 Å². The monoisotopic (exact) mass is 286 g/mol. The molecule has 2 rings (SSSR count). The van der Waals surface area contributed by atoms with Crippen LogP contribution in [0.1, 0.15) is 49.5 Å². The number of hydrogen-bond acceptors (Lipinski definition) is 3. The van der Waals surface area contributed by atoms with Gasteiger partial charge in [0.2, 0.25) is 0 Å². The number of aromatic nitrogens is 3. The van der Waals surface area contributed by atoms with E-state index in [4.69, 9.17) is 0 Å². The van der Waals surface area contributed by atoms with E-state index in [1.54, 1.807) is 0 Å². The van der Waals surface area contributed by atoms with Crippen LogP contribution >= 0.6 is 0 Å². The van der Waals surface area contributed by atoms with Crippen molar-refractivity contribution >= 4 is 0 Å². The molecule has 1 atom stereocenters. The van der Waals surface area contributed by atoms with Gasteiger partial charge in [-0.15, -0.1) is 0 Å². The summed E-state index contributed by atoms with van der Waals surface area (Å²) >= 11 is 0. The quantitative estimate of drug-likeness (QED) is 0.851. The van der Waals surface area contributed by atoms with Crippen LogP contribution in [0.25, 0.3) is 0 Å². The van der Waals surface area contributed by atoms with Gasteiger partial charge < -0.3 is 5.32 Å². The summed E-state index contributed by atoms with van der Waals surface area (Å²) in [4.78, 5) is 4.63. The molecule has 21 heavy (non-hydrogen) atoms.